The van der Waals surface area contributed by atoms with Gasteiger partial charge < -0.3 is 5.32 Å². The number of hydrogen-bond donors (Lipinski definition) is 2. The zero-order valence-electron chi connectivity index (χ0n) is 6.72. The van der Waals surface area contributed by atoms with Crippen molar-refractivity contribution in [3.63, 3.8) is 0 Å². The highest BCUT2D eigenvalue weighted by atomic mass is 15.1. The van der Waals surface area contributed by atoms with Crippen molar-refractivity contribution in [3.05, 3.63) is 12.3 Å². The first-order valence-corrected chi connectivity index (χ1v) is 3.93. The molecule has 0 fully saturated rings. The van der Waals surface area contributed by atoms with Crippen molar-refractivity contribution >= 4 is 0 Å². The number of nitrogens with one attached hydrogen (secondary N) is 2. The molecule has 2 heteroatoms. The molecule has 0 bridgehead atoms. The molecule has 0 spiro atoms. The van der Waals surface area contributed by atoms with Gasteiger partial charge in [0.25, 0.3) is 0 Å². The molecule has 1 aliphatic heterocycles. The summed E-state index contributed by atoms with van der Waals surface area (Å²) in [4.78, 5) is 0. The van der Waals surface area contributed by atoms with Gasteiger partial charge in [0, 0.05) is 6.54 Å². The highest BCUT2D eigenvalue weighted by molar-refractivity contribution is 4.90. The molecule has 0 aromatic heterocycles. The summed E-state index contributed by atoms with van der Waals surface area (Å²) in [5, 5.41) is 6.61. The quantitative estimate of drug-likeness (QED) is 0.599. The van der Waals surface area contributed by atoms with Gasteiger partial charge in [-0.3, -0.25) is 5.32 Å². The van der Waals surface area contributed by atoms with Gasteiger partial charge in [-0.25, -0.2) is 0 Å². The summed E-state index contributed by atoms with van der Waals surface area (Å²) in [6.07, 6.45) is 5.81. The Hall–Kier alpha value is -0.500. The van der Waals surface area contributed by atoms with Gasteiger partial charge >= 0.3 is 0 Å². The lowest BCUT2D eigenvalue weighted by Gasteiger charge is -2.23. The molecule has 1 rings (SSSR count). The molecule has 0 aromatic rings. The van der Waals surface area contributed by atoms with Crippen molar-refractivity contribution in [2.75, 3.05) is 6.54 Å². The van der Waals surface area contributed by atoms with E-state index in [4.69, 9.17) is 0 Å². The fraction of sp³-hybridized carbons (Fsp3) is 0.750. The molecule has 1 atom stereocenters. The Morgan fingerprint density at radius 3 is 2.90 bits per heavy atom. The van der Waals surface area contributed by atoms with E-state index in [1.165, 1.54) is 6.42 Å². The predicted octanol–water partition coefficient (Wildman–Crippen LogP) is 1.07. The summed E-state index contributed by atoms with van der Waals surface area (Å²) in [6.45, 7) is 5.48. The normalized spacial score (nSPS) is 24.9. The second-order valence-corrected chi connectivity index (χ2v) is 3.16. The van der Waals surface area contributed by atoms with Crippen molar-refractivity contribution in [2.45, 2.75) is 26.4 Å². The van der Waals surface area contributed by atoms with Crippen LogP contribution in [0.5, 0.6) is 0 Å². The summed E-state index contributed by atoms with van der Waals surface area (Å²) >= 11 is 0. The Morgan fingerprint density at radius 1 is 1.60 bits per heavy atom. The molecule has 1 aliphatic rings. The van der Waals surface area contributed by atoms with Crippen LogP contribution in [0.2, 0.25) is 0 Å². The third-order valence-electron chi connectivity index (χ3n) is 1.60. The zero-order valence-corrected chi connectivity index (χ0v) is 6.72. The van der Waals surface area contributed by atoms with Crippen LogP contribution in [0, 0.1) is 5.92 Å². The zero-order chi connectivity index (χ0) is 7.40. The van der Waals surface area contributed by atoms with Crippen LogP contribution in [-0.2, 0) is 0 Å². The lowest BCUT2D eigenvalue weighted by atomic mass is 10.1. The fourth-order valence-electron chi connectivity index (χ4n) is 1.14. The molecule has 0 radical (unpaired) electrons. The van der Waals surface area contributed by atoms with Crippen LogP contribution in [0.1, 0.15) is 20.3 Å². The molecular weight excluding hydrogens is 124 g/mol. The van der Waals surface area contributed by atoms with Crippen molar-refractivity contribution in [2.24, 2.45) is 5.92 Å². The largest absolute Gasteiger partial charge is 0.376 e. The lowest BCUT2D eigenvalue weighted by Crippen LogP contribution is -2.43. The third-order valence-corrected chi connectivity index (χ3v) is 1.60. The van der Waals surface area contributed by atoms with Gasteiger partial charge in [-0.15, -0.1) is 0 Å². The smallest absolute Gasteiger partial charge is 0.0767 e. The van der Waals surface area contributed by atoms with Gasteiger partial charge in [0.05, 0.1) is 6.17 Å². The maximum Gasteiger partial charge on any atom is 0.0767 e. The number of rotatable bonds is 2. The molecule has 0 amide bonds. The molecule has 10 heavy (non-hydrogen) atoms. The summed E-state index contributed by atoms with van der Waals surface area (Å²) in [6, 6.07) is 0. The number of hydrogen-bond acceptors (Lipinski definition) is 2. The summed E-state index contributed by atoms with van der Waals surface area (Å²) in [7, 11) is 0. The average molecular weight is 140 g/mol. The standard InChI is InChI=1S/C8H16N2/c1-7(2)6-8-9-4-3-5-10-8/h3-4,7-10H,5-6H2,1-2H3. The second-order valence-electron chi connectivity index (χ2n) is 3.16. The van der Waals surface area contributed by atoms with Gasteiger partial charge in [0.2, 0.25) is 0 Å². The molecule has 1 heterocycles. The minimum absolute atomic E-state index is 0.491. The molecule has 0 saturated carbocycles. The molecule has 2 nitrogen and oxygen atoms in total. The van der Waals surface area contributed by atoms with Gasteiger partial charge in [-0.1, -0.05) is 19.9 Å². The third kappa shape index (κ3) is 2.40. The van der Waals surface area contributed by atoms with Crippen LogP contribution in [-0.4, -0.2) is 12.7 Å². The Balaban J connectivity index is 2.22. The first-order valence-electron chi connectivity index (χ1n) is 3.93. The summed E-state index contributed by atoms with van der Waals surface area (Å²) < 4.78 is 0. The van der Waals surface area contributed by atoms with E-state index >= 15 is 0 Å². The van der Waals surface area contributed by atoms with Crippen LogP contribution < -0.4 is 10.6 Å². The van der Waals surface area contributed by atoms with Crippen LogP contribution in [0.4, 0.5) is 0 Å². The molecule has 0 saturated heterocycles. The topological polar surface area (TPSA) is 24.1 Å². The van der Waals surface area contributed by atoms with Crippen LogP contribution in [0.25, 0.3) is 0 Å². The van der Waals surface area contributed by atoms with E-state index in [1.54, 1.807) is 0 Å². The van der Waals surface area contributed by atoms with Crippen molar-refractivity contribution in [3.8, 4) is 0 Å². The van der Waals surface area contributed by atoms with E-state index in [-0.39, 0.29) is 0 Å². The maximum atomic E-state index is 3.35. The lowest BCUT2D eigenvalue weighted by molar-refractivity contribution is 0.391. The van der Waals surface area contributed by atoms with E-state index in [2.05, 4.69) is 30.6 Å². The monoisotopic (exact) mass is 140 g/mol. The van der Waals surface area contributed by atoms with E-state index in [0.29, 0.717) is 6.17 Å². The highest BCUT2D eigenvalue weighted by Crippen LogP contribution is 2.03. The van der Waals surface area contributed by atoms with Crippen molar-refractivity contribution < 1.29 is 0 Å². The van der Waals surface area contributed by atoms with E-state index < -0.39 is 0 Å². The van der Waals surface area contributed by atoms with E-state index in [1.807, 2.05) is 6.20 Å². The van der Waals surface area contributed by atoms with Crippen LogP contribution in [0.3, 0.4) is 0 Å². The van der Waals surface area contributed by atoms with Gasteiger partial charge in [-0.2, -0.15) is 0 Å². The van der Waals surface area contributed by atoms with E-state index in [0.717, 1.165) is 12.5 Å². The molecule has 0 aromatic carbocycles. The average Bonchev–Trinajstić information content (AvgIpc) is 1.88. The van der Waals surface area contributed by atoms with Crippen LogP contribution in [0.15, 0.2) is 12.3 Å². The molecule has 58 valence electrons. The highest BCUT2D eigenvalue weighted by Gasteiger charge is 2.08. The Morgan fingerprint density at radius 2 is 2.40 bits per heavy atom. The minimum atomic E-state index is 0.491. The maximum absolute atomic E-state index is 3.35. The summed E-state index contributed by atoms with van der Waals surface area (Å²) in [5.41, 5.74) is 0. The predicted molar refractivity (Wildman–Crippen MR) is 43.5 cm³/mol. The second kappa shape index (κ2) is 3.62. The first-order chi connectivity index (χ1) is 4.79. The minimum Gasteiger partial charge on any atom is -0.376 e. The van der Waals surface area contributed by atoms with E-state index in [9.17, 15) is 0 Å². The molecule has 2 N–H and O–H groups in total. The first kappa shape index (κ1) is 7.61. The van der Waals surface area contributed by atoms with Gasteiger partial charge in [0.15, 0.2) is 0 Å². The Kier molecular flexibility index (Phi) is 2.75. The fourth-order valence-corrected chi connectivity index (χ4v) is 1.14. The van der Waals surface area contributed by atoms with Crippen LogP contribution >= 0.6 is 0 Å². The Bertz CT molecular complexity index is 118. The van der Waals surface area contributed by atoms with Crippen molar-refractivity contribution in [1.29, 1.82) is 0 Å². The Labute approximate surface area is 62.7 Å². The SMILES string of the molecule is CC(C)CC1NC=CCN1. The van der Waals surface area contributed by atoms with Crippen molar-refractivity contribution in [1.82, 2.24) is 10.6 Å². The molecule has 1 unspecified atom stereocenters. The summed E-state index contributed by atoms with van der Waals surface area (Å²) in [5.74, 6) is 0.761. The molecule has 0 aliphatic carbocycles. The van der Waals surface area contributed by atoms with Gasteiger partial charge in [0.1, 0.15) is 0 Å². The molecular formula is C8H16N2. The van der Waals surface area contributed by atoms with Gasteiger partial charge in [-0.05, 0) is 18.5 Å².